The van der Waals surface area contributed by atoms with Crippen LogP contribution in [0.25, 0.3) is 0 Å². The number of nitrogens with one attached hydrogen (secondary N) is 2. The minimum atomic E-state index is -0.568. The van der Waals surface area contributed by atoms with E-state index in [-0.39, 0.29) is 30.5 Å². The molecule has 0 saturated carbocycles. The number of aromatic nitrogens is 2. The van der Waals surface area contributed by atoms with E-state index < -0.39 is 11.0 Å². The van der Waals surface area contributed by atoms with Gasteiger partial charge in [-0.05, 0) is 6.92 Å². The van der Waals surface area contributed by atoms with Gasteiger partial charge in [0.15, 0.2) is 0 Å². The van der Waals surface area contributed by atoms with Crippen molar-refractivity contribution in [3.8, 4) is 0 Å². The Morgan fingerprint density at radius 1 is 1.53 bits per heavy atom. The molecule has 0 fully saturated rings. The van der Waals surface area contributed by atoms with Crippen molar-refractivity contribution in [2.75, 3.05) is 37.5 Å². The minimum Gasteiger partial charge on any atom is -0.394 e. The molecular formula is C10H17N5O4. The number of hydrogen-bond acceptors (Lipinski definition) is 8. The van der Waals surface area contributed by atoms with E-state index in [1.165, 1.54) is 13.4 Å². The highest BCUT2D eigenvalue weighted by atomic mass is 16.6. The quantitative estimate of drug-likeness (QED) is 0.454. The fourth-order valence-corrected chi connectivity index (χ4v) is 1.49. The van der Waals surface area contributed by atoms with Gasteiger partial charge in [-0.2, -0.15) is 0 Å². The van der Waals surface area contributed by atoms with E-state index >= 15 is 0 Å². The molecule has 19 heavy (non-hydrogen) atoms. The normalized spacial score (nSPS) is 11.9. The van der Waals surface area contributed by atoms with Crippen molar-refractivity contribution >= 4 is 17.3 Å². The standard InChI is InChI=1S/C10H17N5O4/c1-3-11-9-8(15(17)18)10(13-6-12-9)14-7(4-16)5-19-2/h6-7,16H,3-5H2,1-2H3,(H2,11,12,13,14). The monoisotopic (exact) mass is 271 g/mol. The summed E-state index contributed by atoms with van der Waals surface area (Å²) in [6.45, 7) is 2.28. The summed E-state index contributed by atoms with van der Waals surface area (Å²) < 4.78 is 4.89. The van der Waals surface area contributed by atoms with Crippen molar-refractivity contribution in [2.24, 2.45) is 0 Å². The van der Waals surface area contributed by atoms with Crippen LogP contribution < -0.4 is 10.6 Å². The van der Waals surface area contributed by atoms with Crippen molar-refractivity contribution in [2.45, 2.75) is 13.0 Å². The smallest absolute Gasteiger partial charge is 0.353 e. The molecule has 1 heterocycles. The van der Waals surface area contributed by atoms with Crippen molar-refractivity contribution in [1.82, 2.24) is 9.97 Å². The Morgan fingerprint density at radius 2 is 2.21 bits per heavy atom. The van der Waals surface area contributed by atoms with Gasteiger partial charge in [0, 0.05) is 13.7 Å². The van der Waals surface area contributed by atoms with Crippen LogP contribution >= 0.6 is 0 Å². The van der Waals surface area contributed by atoms with Crippen LogP contribution in [0.1, 0.15) is 6.92 Å². The molecule has 0 saturated heterocycles. The minimum absolute atomic E-state index is 0.0482. The lowest BCUT2D eigenvalue weighted by atomic mass is 10.3. The predicted molar refractivity (Wildman–Crippen MR) is 69.2 cm³/mol. The lowest BCUT2D eigenvalue weighted by molar-refractivity contribution is -0.383. The van der Waals surface area contributed by atoms with Gasteiger partial charge in [0.05, 0.1) is 24.2 Å². The van der Waals surface area contributed by atoms with Crippen molar-refractivity contribution in [1.29, 1.82) is 0 Å². The summed E-state index contributed by atoms with van der Waals surface area (Å²) in [4.78, 5) is 18.2. The maximum absolute atomic E-state index is 11.1. The van der Waals surface area contributed by atoms with Gasteiger partial charge in [-0.25, -0.2) is 9.97 Å². The second-order valence-corrected chi connectivity index (χ2v) is 3.69. The zero-order valence-electron chi connectivity index (χ0n) is 10.8. The molecule has 0 aromatic carbocycles. The van der Waals surface area contributed by atoms with Crippen LogP contribution in [-0.2, 0) is 4.74 Å². The zero-order chi connectivity index (χ0) is 14.3. The molecule has 0 amide bonds. The number of ether oxygens (including phenoxy) is 1. The Bertz CT molecular complexity index is 428. The average Bonchev–Trinajstić information content (AvgIpc) is 2.38. The average molecular weight is 271 g/mol. The maximum atomic E-state index is 11.1. The number of aliphatic hydroxyl groups is 1. The first-order valence-electron chi connectivity index (χ1n) is 5.73. The SMILES string of the molecule is CCNc1ncnc(NC(CO)COC)c1[N+](=O)[O-]. The highest BCUT2D eigenvalue weighted by Gasteiger charge is 2.24. The summed E-state index contributed by atoms with van der Waals surface area (Å²) in [7, 11) is 1.47. The Balaban J connectivity index is 3.04. The second kappa shape index (κ2) is 7.44. The van der Waals surface area contributed by atoms with Gasteiger partial charge in [-0.15, -0.1) is 0 Å². The lowest BCUT2D eigenvalue weighted by Gasteiger charge is -2.16. The van der Waals surface area contributed by atoms with Gasteiger partial charge in [-0.3, -0.25) is 10.1 Å². The third-order valence-corrected chi connectivity index (χ3v) is 2.28. The van der Waals surface area contributed by atoms with Gasteiger partial charge in [0.1, 0.15) is 6.33 Å². The summed E-state index contributed by atoms with van der Waals surface area (Å²) in [6, 6.07) is -0.479. The fraction of sp³-hybridized carbons (Fsp3) is 0.600. The summed E-state index contributed by atoms with van der Waals surface area (Å²) in [6.07, 6.45) is 1.22. The maximum Gasteiger partial charge on any atom is 0.353 e. The van der Waals surface area contributed by atoms with Crippen LogP contribution in [0.2, 0.25) is 0 Å². The largest absolute Gasteiger partial charge is 0.394 e. The Labute approximate surface area is 110 Å². The lowest BCUT2D eigenvalue weighted by Crippen LogP contribution is -2.29. The molecule has 0 spiro atoms. The number of nitro groups is 1. The van der Waals surface area contributed by atoms with Crippen LogP contribution in [-0.4, -0.2) is 52.9 Å². The number of anilines is 2. The van der Waals surface area contributed by atoms with E-state index in [0.717, 1.165) is 0 Å². The van der Waals surface area contributed by atoms with E-state index in [2.05, 4.69) is 20.6 Å². The molecule has 1 aromatic rings. The van der Waals surface area contributed by atoms with Crippen molar-refractivity contribution in [3.63, 3.8) is 0 Å². The third kappa shape index (κ3) is 4.00. The van der Waals surface area contributed by atoms with Crippen molar-refractivity contribution in [3.05, 3.63) is 16.4 Å². The van der Waals surface area contributed by atoms with Gasteiger partial charge < -0.3 is 20.5 Å². The molecule has 0 aliphatic rings. The van der Waals surface area contributed by atoms with E-state index in [4.69, 9.17) is 9.84 Å². The molecule has 1 unspecified atom stereocenters. The Morgan fingerprint density at radius 3 is 2.74 bits per heavy atom. The van der Waals surface area contributed by atoms with Crippen molar-refractivity contribution < 1.29 is 14.8 Å². The highest BCUT2D eigenvalue weighted by molar-refractivity contribution is 5.69. The number of rotatable bonds is 8. The van der Waals surface area contributed by atoms with Gasteiger partial charge in [0.2, 0.25) is 11.6 Å². The van der Waals surface area contributed by atoms with Crippen LogP contribution in [0.5, 0.6) is 0 Å². The number of nitrogens with zero attached hydrogens (tertiary/aromatic N) is 3. The molecule has 0 aliphatic heterocycles. The summed E-state index contributed by atoms with van der Waals surface area (Å²) in [5.74, 6) is 0.186. The van der Waals surface area contributed by atoms with Crippen LogP contribution in [0.15, 0.2) is 6.33 Å². The van der Waals surface area contributed by atoms with E-state index in [1.54, 1.807) is 6.92 Å². The molecule has 1 atom stereocenters. The van der Waals surface area contributed by atoms with E-state index in [9.17, 15) is 10.1 Å². The van der Waals surface area contributed by atoms with Gasteiger partial charge in [0.25, 0.3) is 0 Å². The molecule has 0 aliphatic carbocycles. The zero-order valence-corrected chi connectivity index (χ0v) is 10.8. The molecule has 1 aromatic heterocycles. The molecule has 106 valence electrons. The number of aliphatic hydroxyl groups excluding tert-OH is 1. The first-order valence-corrected chi connectivity index (χ1v) is 5.73. The number of methoxy groups -OCH3 is 1. The first-order chi connectivity index (χ1) is 9.13. The van der Waals surface area contributed by atoms with Gasteiger partial charge in [-0.1, -0.05) is 0 Å². The van der Waals surface area contributed by atoms with Crippen LogP contribution in [0.4, 0.5) is 17.3 Å². The summed E-state index contributed by atoms with van der Waals surface area (Å²) >= 11 is 0. The first kappa shape index (κ1) is 15.1. The third-order valence-electron chi connectivity index (χ3n) is 2.28. The van der Waals surface area contributed by atoms with Crippen LogP contribution in [0, 0.1) is 10.1 Å². The molecule has 9 nitrogen and oxygen atoms in total. The summed E-state index contributed by atoms with van der Waals surface area (Å²) in [5.41, 5.74) is -0.251. The molecule has 9 heteroatoms. The Kier molecular flexibility index (Phi) is 5.90. The van der Waals surface area contributed by atoms with E-state index in [0.29, 0.717) is 6.54 Å². The number of hydrogen-bond donors (Lipinski definition) is 3. The summed E-state index contributed by atoms with van der Waals surface area (Å²) in [5, 5.41) is 25.8. The Hall–Kier alpha value is -2.00. The van der Waals surface area contributed by atoms with Crippen LogP contribution in [0.3, 0.4) is 0 Å². The highest BCUT2D eigenvalue weighted by Crippen LogP contribution is 2.28. The van der Waals surface area contributed by atoms with E-state index in [1.807, 2.05) is 0 Å². The predicted octanol–water partition coefficient (Wildman–Crippen LogP) is 0.236. The molecular weight excluding hydrogens is 254 g/mol. The second-order valence-electron chi connectivity index (χ2n) is 3.69. The molecule has 3 N–H and O–H groups in total. The topological polar surface area (TPSA) is 122 Å². The fourth-order valence-electron chi connectivity index (χ4n) is 1.49. The molecule has 0 radical (unpaired) electrons. The molecule has 0 bridgehead atoms. The molecule has 1 rings (SSSR count). The van der Waals surface area contributed by atoms with Gasteiger partial charge >= 0.3 is 5.69 Å².